The molecule has 100 valence electrons. The van der Waals surface area contributed by atoms with Gasteiger partial charge in [0, 0.05) is 13.1 Å². The van der Waals surface area contributed by atoms with Gasteiger partial charge in [0.1, 0.15) is 6.10 Å². The lowest BCUT2D eigenvalue weighted by atomic mass is 10.1. The molecule has 4 nitrogen and oxygen atoms in total. The molecule has 1 amide bonds. The van der Waals surface area contributed by atoms with Crippen molar-refractivity contribution in [1.82, 2.24) is 5.32 Å². The molecule has 17 heavy (non-hydrogen) atoms. The summed E-state index contributed by atoms with van der Waals surface area (Å²) in [7, 11) is 0. The highest BCUT2D eigenvalue weighted by molar-refractivity contribution is 5.80. The van der Waals surface area contributed by atoms with Crippen molar-refractivity contribution in [3.63, 3.8) is 0 Å². The molecular formula is C13H26N2O2. The maximum atomic E-state index is 11.7. The molecule has 1 aliphatic heterocycles. The SMILES string of the molecule is CC(C)CCCCNC(=O)C1CCC(CN)O1. The van der Waals surface area contributed by atoms with Crippen LogP contribution in [0.4, 0.5) is 0 Å². The van der Waals surface area contributed by atoms with E-state index in [1.54, 1.807) is 0 Å². The summed E-state index contributed by atoms with van der Waals surface area (Å²) in [6.07, 6.45) is 4.97. The lowest BCUT2D eigenvalue weighted by molar-refractivity contribution is -0.131. The average molecular weight is 242 g/mol. The summed E-state index contributed by atoms with van der Waals surface area (Å²) in [6, 6.07) is 0. The van der Waals surface area contributed by atoms with E-state index in [4.69, 9.17) is 10.5 Å². The number of ether oxygens (including phenoxy) is 1. The second-order valence-corrected chi connectivity index (χ2v) is 5.24. The van der Waals surface area contributed by atoms with E-state index in [1.807, 2.05) is 0 Å². The highest BCUT2D eigenvalue weighted by atomic mass is 16.5. The molecule has 0 aliphatic carbocycles. The number of rotatable bonds is 7. The second kappa shape index (κ2) is 7.67. The number of carbonyl (C=O) groups is 1. The van der Waals surface area contributed by atoms with Gasteiger partial charge >= 0.3 is 0 Å². The maximum Gasteiger partial charge on any atom is 0.249 e. The Morgan fingerprint density at radius 3 is 2.76 bits per heavy atom. The van der Waals surface area contributed by atoms with Crippen LogP contribution in [-0.4, -0.2) is 31.2 Å². The van der Waals surface area contributed by atoms with Gasteiger partial charge in [-0.25, -0.2) is 0 Å². The smallest absolute Gasteiger partial charge is 0.249 e. The molecule has 2 atom stereocenters. The molecule has 1 heterocycles. The fraction of sp³-hybridized carbons (Fsp3) is 0.923. The van der Waals surface area contributed by atoms with Gasteiger partial charge in [0.05, 0.1) is 6.10 Å². The van der Waals surface area contributed by atoms with Gasteiger partial charge < -0.3 is 15.8 Å². The van der Waals surface area contributed by atoms with E-state index >= 15 is 0 Å². The standard InChI is InChI=1S/C13H26N2O2/c1-10(2)5-3-4-8-15-13(16)12-7-6-11(9-14)17-12/h10-12H,3-9,14H2,1-2H3,(H,15,16). The van der Waals surface area contributed by atoms with E-state index in [0.29, 0.717) is 6.54 Å². The molecule has 3 N–H and O–H groups in total. The highest BCUT2D eigenvalue weighted by Crippen LogP contribution is 2.18. The third-order valence-corrected chi connectivity index (χ3v) is 3.17. The molecule has 0 aromatic rings. The second-order valence-electron chi connectivity index (χ2n) is 5.24. The minimum Gasteiger partial charge on any atom is -0.364 e. The molecule has 4 heteroatoms. The van der Waals surface area contributed by atoms with Crippen LogP contribution in [0.2, 0.25) is 0 Å². The maximum absolute atomic E-state index is 11.7. The Morgan fingerprint density at radius 2 is 2.18 bits per heavy atom. The van der Waals surface area contributed by atoms with E-state index in [1.165, 1.54) is 12.8 Å². The topological polar surface area (TPSA) is 64.4 Å². The van der Waals surface area contributed by atoms with Gasteiger partial charge in [-0.3, -0.25) is 4.79 Å². The van der Waals surface area contributed by atoms with Gasteiger partial charge in [-0.2, -0.15) is 0 Å². The minimum atomic E-state index is -0.270. The predicted molar refractivity (Wildman–Crippen MR) is 68.6 cm³/mol. The van der Waals surface area contributed by atoms with Crippen molar-refractivity contribution in [2.45, 2.75) is 58.2 Å². The number of hydrogen-bond acceptors (Lipinski definition) is 3. The summed E-state index contributed by atoms with van der Waals surface area (Å²) in [6.45, 7) is 5.71. The van der Waals surface area contributed by atoms with Crippen molar-refractivity contribution in [2.24, 2.45) is 11.7 Å². The van der Waals surface area contributed by atoms with E-state index < -0.39 is 0 Å². The average Bonchev–Trinajstić information content (AvgIpc) is 2.76. The van der Waals surface area contributed by atoms with Crippen LogP contribution in [0.3, 0.4) is 0 Å². The van der Waals surface area contributed by atoms with Crippen molar-refractivity contribution in [1.29, 1.82) is 0 Å². The molecule has 2 unspecified atom stereocenters. The van der Waals surface area contributed by atoms with Crippen molar-refractivity contribution >= 4 is 5.91 Å². The van der Waals surface area contributed by atoms with Gasteiger partial charge in [0.15, 0.2) is 0 Å². The van der Waals surface area contributed by atoms with E-state index in [-0.39, 0.29) is 18.1 Å². The Labute approximate surface area is 104 Å². The minimum absolute atomic E-state index is 0.0329. The summed E-state index contributed by atoms with van der Waals surface area (Å²) in [5.41, 5.74) is 5.51. The van der Waals surface area contributed by atoms with E-state index in [9.17, 15) is 4.79 Å². The number of nitrogens with two attached hydrogens (primary N) is 1. The zero-order valence-corrected chi connectivity index (χ0v) is 11.1. The first-order valence-corrected chi connectivity index (χ1v) is 6.76. The number of carbonyl (C=O) groups excluding carboxylic acids is 1. The summed E-state index contributed by atoms with van der Waals surface area (Å²) in [5.74, 6) is 0.777. The molecule has 0 saturated carbocycles. The lowest BCUT2D eigenvalue weighted by Crippen LogP contribution is -2.36. The Balaban J connectivity index is 2.05. The van der Waals surface area contributed by atoms with Crippen molar-refractivity contribution < 1.29 is 9.53 Å². The first-order valence-electron chi connectivity index (χ1n) is 6.76. The van der Waals surface area contributed by atoms with Crippen molar-refractivity contribution in [3.05, 3.63) is 0 Å². The summed E-state index contributed by atoms with van der Waals surface area (Å²) in [4.78, 5) is 11.7. The molecule has 0 aromatic heterocycles. The Hall–Kier alpha value is -0.610. The largest absolute Gasteiger partial charge is 0.364 e. The third kappa shape index (κ3) is 5.50. The number of hydrogen-bond donors (Lipinski definition) is 2. The Kier molecular flexibility index (Phi) is 6.52. The molecule has 0 aromatic carbocycles. The first-order chi connectivity index (χ1) is 8.13. The van der Waals surface area contributed by atoms with Crippen LogP contribution in [0.25, 0.3) is 0 Å². The quantitative estimate of drug-likeness (QED) is 0.664. The highest BCUT2D eigenvalue weighted by Gasteiger charge is 2.29. The van der Waals surface area contributed by atoms with Crippen LogP contribution in [0, 0.1) is 5.92 Å². The molecule has 0 radical (unpaired) electrons. The molecule has 0 spiro atoms. The molecule has 1 rings (SSSR count). The summed E-state index contributed by atoms with van der Waals surface area (Å²) in [5, 5.41) is 2.94. The van der Waals surface area contributed by atoms with E-state index in [0.717, 1.165) is 31.7 Å². The molecular weight excluding hydrogens is 216 g/mol. The molecule has 1 aliphatic rings. The van der Waals surface area contributed by atoms with Gasteiger partial charge in [0.2, 0.25) is 5.91 Å². The Morgan fingerprint density at radius 1 is 1.41 bits per heavy atom. The number of amides is 1. The summed E-state index contributed by atoms with van der Waals surface area (Å²) >= 11 is 0. The van der Waals surface area contributed by atoms with Crippen LogP contribution in [0.1, 0.15) is 46.0 Å². The monoisotopic (exact) mass is 242 g/mol. The van der Waals surface area contributed by atoms with Crippen molar-refractivity contribution in [2.75, 3.05) is 13.1 Å². The van der Waals surface area contributed by atoms with Crippen LogP contribution in [0.15, 0.2) is 0 Å². The van der Waals surface area contributed by atoms with Crippen LogP contribution >= 0.6 is 0 Å². The third-order valence-electron chi connectivity index (χ3n) is 3.17. The molecule has 1 saturated heterocycles. The molecule has 0 bridgehead atoms. The molecule has 1 fully saturated rings. The predicted octanol–water partition coefficient (Wildman–Crippen LogP) is 1.44. The number of unbranched alkanes of at least 4 members (excludes halogenated alkanes) is 1. The van der Waals surface area contributed by atoms with Crippen LogP contribution in [0.5, 0.6) is 0 Å². The van der Waals surface area contributed by atoms with Crippen LogP contribution in [-0.2, 0) is 9.53 Å². The number of nitrogens with one attached hydrogen (secondary N) is 1. The van der Waals surface area contributed by atoms with Gasteiger partial charge in [-0.05, 0) is 25.2 Å². The lowest BCUT2D eigenvalue weighted by Gasteiger charge is -2.12. The fourth-order valence-corrected chi connectivity index (χ4v) is 2.07. The zero-order valence-electron chi connectivity index (χ0n) is 11.1. The normalized spacial score (nSPS) is 24.2. The summed E-state index contributed by atoms with van der Waals surface area (Å²) < 4.78 is 5.53. The van der Waals surface area contributed by atoms with E-state index in [2.05, 4.69) is 19.2 Å². The van der Waals surface area contributed by atoms with Gasteiger partial charge in [-0.1, -0.05) is 26.7 Å². The van der Waals surface area contributed by atoms with Crippen LogP contribution < -0.4 is 11.1 Å². The van der Waals surface area contributed by atoms with Gasteiger partial charge in [0.25, 0.3) is 0 Å². The Bertz CT molecular complexity index is 231. The van der Waals surface area contributed by atoms with Crippen molar-refractivity contribution in [3.8, 4) is 0 Å². The van der Waals surface area contributed by atoms with Gasteiger partial charge in [-0.15, -0.1) is 0 Å². The zero-order chi connectivity index (χ0) is 12.7. The fourth-order valence-electron chi connectivity index (χ4n) is 2.07. The first kappa shape index (κ1) is 14.5.